The number of rotatable bonds is 6. The number of anilines is 2. The van der Waals surface area contributed by atoms with Gasteiger partial charge in [-0.2, -0.15) is 0 Å². The van der Waals surface area contributed by atoms with Crippen LogP contribution >= 0.6 is 0 Å². The Morgan fingerprint density at radius 1 is 1.00 bits per heavy atom. The molecule has 0 aliphatic heterocycles. The average Bonchev–Trinajstić information content (AvgIpc) is 3.12. The fourth-order valence-electron chi connectivity index (χ4n) is 2.56. The van der Waals surface area contributed by atoms with Gasteiger partial charge in [0, 0.05) is 11.9 Å². The first-order valence-corrected chi connectivity index (χ1v) is 8.43. The number of nitrogens with one attached hydrogen (secondary N) is 3. The standard InChI is InChI=1S/C20H17N5O2/c26-19(13-22-20-24-17-5-1-2-6-18(17)25-20)23-14-7-9-15(10-8-14)27-16-4-3-11-21-12-16/h1-12H,13H2,(H,23,26)(H2,22,24,25). The molecule has 2 heterocycles. The summed E-state index contributed by atoms with van der Waals surface area (Å²) in [5, 5.41) is 5.81. The predicted octanol–water partition coefficient (Wildman–Crippen LogP) is 3.80. The molecule has 4 aromatic rings. The number of carbonyl (C=O) groups excluding carboxylic acids is 1. The zero-order valence-corrected chi connectivity index (χ0v) is 14.3. The lowest BCUT2D eigenvalue weighted by atomic mass is 10.3. The Hall–Kier alpha value is -3.87. The summed E-state index contributed by atoms with van der Waals surface area (Å²) in [4.78, 5) is 23.6. The van der Waals surface area contributed by atoms with Gasteiger partial charge in [-0.1, -0.05) is 12.1 Å². The summed E-state index contributed by atoms with van der Waals surface area (Å²) < 4.78 is 5.67. The van der Waals surface area contributed by atoms with Crippen LogP contribution < -0.4 is 15.4 Å². The van der Waals surface area contributed by atoms with Crippen LogP contribution in [0.25, 0.3) is 11.0 Å². The predicted molar refractivity (Wildman–Crippen MR) is 104 cm³/mol. The van der Waals surface area contributed by atoms with Crippen molar-refractivity contribution in [2.75, 3.05) is 17.2 Å². The number of para-hydroxylation sites is 2. The number of benzene rings is 2. The molecule has 0 saturated heterocycles. The van der Waals surface area contributed by atoms with Crippen LogP contribution in [0.5, 0.6) is 11.5 Å². The first-order chi connectivity index (χ1) is 13.3. The zero-order chi connectivity index (χ0) is 18.5. The highest BCUT2D eigenvalue weighted by Gasteiger charge is 2.06. The van der Waals surface area contributed by atoms with Gasteiger partial charge in [-0.25, -0.2) is 4.98 Å². The van der Waals surface area contributed by atoms with E-state index < -0.39 is 0 Å². The van der Waals surface area contributed by atoms with Gasteiger partial charge in [-0.05, 0) is 48.5 Å². The van der Waals surface area contributed by atoms with Gasteiger partial charge in [0.1, 0.15) is 11.5 Å². The molecule has 1 amide bonds. The highest BCUT2D eigenvalue weighted by atomic mass is 16.5. The number of amides is 1. The number of carbonyl (C=O) groups is 1. The Balaban J connectivity index is 1.31. The number of aromatic amines is 1. The van der Waals surface area contributed by atoms with E-state index in [-0.39, 0.29) is 12.5 Å². The topological polar surface area (TPSA) is 91.9 Å². The van der Waals surface area contributed by atoms with Crippen molar-refractivity contribution in [2.45, 2.75) is 0 Å². The summed E-state index contributed by atoms with van der Waals surface area (Å²) in [6.45, 7) is 0.105. The third-order valence-electron chi connectivity index (χ3n) is 3.81. The van der Waals surface area contributed by atoms with E-state index in [0.717, 1.165) is 11.0 Å². The third-order valence-corrected chi connectivity index (χ3v) is 3.81. The van der Waals surface area contributed by atoms with Crippen molar-refractivity contribution in [1.29, 1.82) is 0 Å². The van der Waals surface area contributed by atoms with Crippen LogP contribution in [0.2, 0.25) is 0 Å². The summed E-state index contributed by atoms with van der Waals surface area (Å²) in [5.74, 6) is 1.72. The van der Waals surface area contributed by atoms with E-state index in [1.54, 1.807) is 42.7 Å². The minimum Gasteiger partial charge on any atom is -0.456 e. The number of hydrogen-bond donors (Lipinski definition) is 3. The van der Waals surface area contributed by atoms with Crippen LogP contribution in [0.1, 0.15) is 0 Å². The number of fused-ring (bicyclic) bond motifs is 1. The highest BCUT2D eigenvalue weighted by Crippen LogP contribution is 2.22. The molecule has 0 fully saturated rings. The Kier molecular flexibility index (Phi) is 4.65. The van der Waals surface area contributed by atoms with Gasteiger partial charge < -0.3 is 20.4 Å². The van der Waals surface area contributed by atoms with Crippen molar-refractivity contribution < 1.29 is 9.53 Å². The van der Waals surface area contributed by atoms with Gasteiger partial charge in [-0.15, -0.1) is 0 Å². The molecule has 7 heteroatoms. The first kappa shape index (κ1) is 16.6. The Morgan fingerprint density at radius 3 is 2.63 bits per heavy atom. The van der Waals surface area contributed by atoms with Crippen molar-refractivity contribution in [3.63, 3.8) is 0 Å². The maximum Gasteiger partial charge on any atom is 0.243 e. The van der Waals surface area contributed by atoms with Gasteiger partial charge in [0.05, 0.1) is 23.8 Å². The molecule has 4 rings (SSSR count). The summed E-state index contributed by atoms with van der Waals surface area (Å²) in [6.07, 6.45) is 3.32. The van der Waals surface area contributed by atoms with Crippen LogP contribution in [0.4, 0.5) is 11.6 Å². The summed E-state index contributed by atoms with van der Waals surface area (Å²) in [5.41, 5.74) is 2.46. The number of pyridine rings is 1. The SMILES string of the molecule is O=C(CNc1nc2ccccc2[nH]1)Nc1ccc(Oc2cccnc2)cc1. The van der Waals surface area contributed by atoms with E-state index in [2.05, 4.69) is 25.6 Å². The molecule has 27 heavy (non-hydrogen) atoms. The van der Waals surface area contributed by atoms with Crippen LogP contribution in [0.3, 0.4) is 0 Å². The number of imidazole rings is 1. The second-order valence-corrected chi connectivity index (χ2v) is 5.82. The van der Waals surface area contributed by atoms with E-state index in [1.165, 1.54) is 0 Å². The van der Waals surface area contributed by atoms with Crippen molar-refractivity contribution >= 4 is 28.6 Å². The monoisotopic (exact) mass is 359 g/mol. The summed E-state index contributed by atoms with van der Waals surface area (Å²) in [7, 11) is 0. The number of aromatic nitrogens is 3. The van der Waals surface area contributed by atoms with E-state index in [1.807, 2.05) is 30.3 Å². The van der Waals surface area contributed by atoms with Crippen molar-refractivity contribution in [3.05, 3.63) is 73.1 Å². The highest BCUT2D eigenvalue weighted by molar-refractivity contribution is 5.93. The molecule has 0 bridgehead atoms. The first-order valence-electron chi connectivity index (χ1n) is 8.43. The van der Waals surface area contributed by atoms with E-state index in [4.69, 9.17) is 4.74 Å². The van der Waals surface area contributed by atoms with Crippen LogP contribution in [-0.4, -0.2) is 27.4 Å². The molecule has 2 aromatic heterocycles. The van der Waals surface area contributed by atoms with Crippen LogP contribution in [0, 0.1) is 0 Å². The number of ether oxygens (including phenoxy) is 1. The Labute approximate surface area is 155 Å². The molecule has 0 aliphatic rings. The van der Waals surface area contributed by atoms with Gasteiger partial charge in [0.25, 0.3) is 0 Å². The van der Waals surface area contributed by atoms with Crippen molar-refractivity contribution in [1.82, 2.24) is 15.0 Å². The molecule has 0 unspecified atom stereocenters. The van der Waals surface area contributed by atoms with E-state index in [0.29, 0.717) is 23.1 Å². The molecule has 0 atom stereocenters. The molecule has 7 nitrogen and oxygen atoms in total. The molecule has 0 aliphatic carbocycles. The molecule has 3 N–H and O–H groups in total. The maximum absolute atomic E-state index is 12.1. The number of hydrogen-bond acceptors (Lipinski definition) is 5. The summed E-state index contributed by atoms with van der Waals surface area (Å²) >= 11 is 0. The van der Waals surface area contributed by atoms with Crippen LogP contribution in [0.15, 0.2) is 73.1 Å². The molecular weight excluding hydrogens is 342 g/mol. The molecule has 0 saturated carbocycles. The van der Waals surface area contributed by atoms with Crippen LogP contribution in [-0.2, 0) is 4.79 Å². The maximum atomic E-state index is 12.1. The average molecular weight is 359 g/mol. The molecule has 0 spiro atoms. The van der Waals surface area contributed by atoms with Gasteiger partial charge in [0.15, 0.2) is 0 Å². The lowest BCUT2D eigenvalue weighted by Crippen LogP contribution is -2.22. The number of H-pyrrole nitrogens is 1. The molecule has 0 radical (unpaired) electrons. The quantitative estimate of drug-likeness (QED) is 0.487. The fraction of sp³-hybridized carbons (Fsp3) is 0.0500. The molecule has 2 aromatic carbocycles. The Bertz CT molecular complexity index is 1010. The van der Waals surface area contributed by atoms with E-state index >= 15 is 0 Å². The molecular formula is C20H17N5O2. The minimum atomic E-state index is -0.170. The van der Waals surface area contributed by atoms with E-state index in [9.17, 15) is 4.79 Å². The second kappa shape index (κ2) is 7.57. The lowest BCUT2D eigenvalue weighted by molar-refractivity contribution is -0.114. The molecule has 134 valence electrons. The largest absolute Gasteiger partial charge is 0.456 e. The summed E-state index contributed by atoms with van der Waals surface area (Å²) in [6, 6.07) is 18.5. The normalized spacial score (nSPS) is 10.5. The smallest absolute Gasteiger partial charge is 0.243 e. The van der Waals surface area contributed by atoms with Gasteiger partial charge >= 0.3 is 0 Å². The van der Waals surface area contributed by atoms with Gasteiger partial charge in [0.2, 0.25) is 11.9 Å². The second-order valence-electron chi connectivity index (χ2n) is 5.82. The Morgan fingerprint density at radius 2 is 1.85 bits per heavy atom. The lowest BCUT2D eigenvalue weighted by Gasteiger charge is -2.08. The fourth-order valence-corrected chi connectivity index (χ4v) is 2.56. The van der Waals surface area contributed by atoms with Crippen molar-refractivity contribution in [2.24, 2.45) is 0 Å². The minimum absolute atomic E-state index is 0.105. The van der Waals surface area contributed by atoms with Gasteiger partial charge in [-0.3, -0.25) is 9.78 Å². The zero-order valence-electron chi connectivity index (χ0n) is 14.3. The number of nitrogens with zero attached hydrogens (tertiary/aromatic N) is 2. The van der Waals surface area contributed by atoms with Crippen molar-refractivity contribution in [3.8, 4) is 11.5 Å². The third kappa shape index (κ3) is 4.21.